The molecule has 10 heteroatoms. The molecule has 3 aliphatic rings. The van der Waals surface area contributed by atoms with Gasteiger partial charge in [-0.1, -0.05) is 24.6 Å². The van der Waals surface area contributed by atoms with Gasteiger partial charge in [0, 0.05) is 23.0 Å². The van der Waals surface area contributed by atoms with Gasteiger partial charge in [0.25, 0.3) is 5.56 Å². The van der Waals surface area contributed by atoms with E-state index in [4.69, 9.17) is 4.98 Å². The number of thioether (sulfide) groups is 1. The minimum absolute atomic E-state index is 0.0136. The first-order chi connectivity index (χ1) is 15.2. The van der Waals surface area contributed by atoms with Gasteiger partial charge in [0.15, 0.2) is 15.0 Å². The molecule has 1 unspecified atom stereocenters. The number of hydrogen-bond donors (Lipinski definition) is 0. The summed E-state index contributed by atoms with van der Waals surface area (Å²) in [6.07, 6.45) is 6.54. The van der Waals surface area contributed by atoms with Crippen LogP contribution < -0.4 is 5.56 Å². The topological polar surface area (TPSA) is 89.3 Å². The van der Waals surface area contributed by atoms with Crippen molar-refractivity contribution < 1.29 is 13.2 Å². The predicted molar refractivity (Wildman–Crippen MR) is 129 cm³/mol. The number of thiophene rings is 1. The molecule has 1 aliphatic heterocycles. The number of nitrogens with zero attached hydrogens (tertiary/aromatic N) is 3. The first kappa shape index (κ1) is 22.4. The molecule has 1 saturated heterocycles. The third kappa shape index (κ3) is 4.14. The lowest BCUT2D eigenvalue weighted by Gasteiger charge is -2.28. The van der Waals surface area contributed by atoms with Crippen molar-refractivity contribution in [2.75, 3.05) is 17.3 Å². The first-order valence-electron chi connectivity index (χ1n) is 11.4. The van der Waals surface area contributed by atoms with E-state index in [1.807, 2.05) is 23.3 Å². The van der Waals surface area contributed by atoms with E-state index in [1.165, 1.54) is 23.1 Å². The van der Waals surface area contributed by atoms with Crippen LogP contribution in [0.3, 0.4) is 0 Å². The largest absolute Gasteiger partial charge is 0.335 e. The number of rotatable bonds is 6. The molecule has 0 spiro atoms. The van der Waals surface area contributed by atoms with Gasteiger partial charge in [0.1, 0.15) is 4.83 Å². The molecule has 0 aromatic carbocycles. The van der Waals surface area contributed by atoms with E-state index in [9.17, 15) is 18.0 Å². The summed E-state index contributed by atoms with van der Waals surface area (Å²) >= 11 is 2.87. The molecule has 1 atom stereocenters. The highest BCUT2D eigenvalue weighted by Crippen LogP contribution is 2.36. The van der Waals surface area contributed by atoms with E-state index < -0.39 is 9.84 Å². The zero-order chi connectivity index (χ0) is 22.6. The normalized spacial score (nSPS) is 23.2. The van der Waals surface area contributed by atoms with E-state index in [2.05, 4.69) is 0 Å². The van der Waals surface area contributed by atoms with Gasteiger partial charge in [-0.3, -0.25) is 14.2 Å². The molecule has 3 fully saturated rings. The number of carbonyl (C=O) groups is 1. The molecule has 5 rings (SSSR count). The van der Waals surface area contributed by atoms with Gasteiger partial charge in [-0.05, 0) is 51.5 Å². The van der Waals surface area contributed by atoms with Crippen LogP contribution in [0.15, 0.2) is 9.95 Å². The number of carbonyl (C=O) groups excluding carboxylic acids is 1. The predicted octanol–water partition coefficient (Wildman–Crippen LogP) is 3.46. The number of fused-ring (bicyclic) bond motifs is 1. The molecule has 0 radical (unpaired) electrons. The maximum atomic E-state index is 13.5. The van der Waals surface area contributed by atoms with Crippen LogP contribution in [0.5, 0.6) is 0 Å². The van der Waals surface area contributed by atoms with Crippen LogP contribution in [-0.2, 0) is 14.6 Å². The molecule has 174 valence electrons. The van der Waals surface area contributed by atoms with Gasteiger partial charge in [-0.15, -0.1) is 11.3 Å². The molecule has 7 nitrogen and oxygen atoms in total. The van der Waals surface area contributed by atoms with Gasteiger partial charge in [-0.2, -0.15) is 0 Å². The zero-order valence-corrected chi connectivity index (χ0v) is 21.0. The quantitative estimate of drug-likeness (QED) is 0.450. The van der Waals surface area contributed by atoms with Crippen LogP contribution >= 0.6 is 23.1 Å². The second-order valence-electron chi connectivity index (χ2n) is 9.35. The molecule has 32 heavy (non-hydrogen) atoms. The van der Waals surface area contributed by atoms with Gasteiger partial charge in [0.05, 0.1) is 22.6 Å². The summed E-state index contributed by atoms with van der Waals surface area (Å²) in [6, 6.07) is 0.0863. The van der Waals surface area contributed by atoms with Crippen LogP contribution in [0.25, 0.3) is 10.2 Å². The minimum Gasteiger partial charge on any atom is -0.335 e. The van der Waals surface area contributed by atoms with Crippen LogP contribution in [-0.4, -0.2) is 58.1 Å². The highest BCUT2D eigenvalue weighted by molar-refractivity contribution is 7.99. The van der Waals surface area contributed by atoms with E-state index in [0.29, 0.717) is 17.0 Å². The standard InChI is InChI=1S/C22H29N3O4S3/c1-13-14(2)31-20-19(13)21(27)25(15-5-3-4-6-15)22(23-20)30-11-18(26)24(16-7-8-16)17-9-10-32(28,29)12-17/h15-17H,3-12H2,1-2H3. The van der Waals surface area contributed by atoms with Gasteiger partial charge < -0.3 is 4.90 Å². The summed E-state index contributed by atoms with van der Waals surface area (Å²) in [6.45, 7) is 4.00. The van der Waals surface area contributed by atoms with Crippen LogP contribution in [0, 0.1) is 13.8 Å². The Morgan fingerprint density at radius 1 is 1.16 bits per heavy atom. The summed E-state index contributed by atoms with van der Waals surface area (Å²) in [4.78, 5) is 35.3. The van der Waals surface area contributed by atoms with E-state index in [0.717, 1.165) is 53.8 Å². The van der Waals surface area contributed by atoms with Crippen molar-refractivity contribution in [1.82, 2.24) is 14.5 Å². The maximum Gasteiger partial charge on any atom is 0.263 e. The Kier molecular flexibility index (Phi) is 5.90. The summed E-state index contributed by atoms with van der Waals surface area (Å²) in [5.41, 5.74) is 1.02. The number of amides is 1. The highest BCUT2D eigenvalue weighted by atomic mass is 32.2. The van der Waals surface area contributed by atoms with Crippen LogP contribution in [0.1, 0.15) is 61.4 Å². The molecule has 2 aromatic heterocycles. The van der Waals surface area contributed by atoms with Crippen LogP contribution in [0.2, 0.25) is 0 Å². The average Bonchev–Trinajstić information content (AvgIpc) is 3.14. The Balaban J connectivity index is 1.43. The van der Waals surface area contributed by atoms with Crippen molar-refractivity contribution >= 4 is 49.1 Å². The minimum atomic E-state index is -3.05. The van der Waals surface area contributed by atoms with Crippen molar-refractivity contribution in [3.05, 3.63) is 20.8 Å². The van der Waals surface area contributed by atoms with Crippen molar-refractivity contribution in [3.8, 4) is 0 Å². The van der Waals surface area contributed by atoms with Gasteiger partial charge >= 0.3 is 0 Å². The number of aryl methyl sites for hydroxylation is 2. The zero-order valence-electron chi connectivity index (χ0n) is 18.5. The Morgan fingerprint density at radius 2 is 1.88 bits per heavy atom. The van der Waals surface area contributed by atoms with Crippen LogP contribution in [0.4, 0.5) is 0 Å². The molecular weight excluding hydrogens is 466 g/mol. The third-order valence-electron chi connectivity index (χ3n) is 7.05. The number of aromatic nitrogens is 2. The maximum absolute atomic E-state index is 13.5. The summed E-state index contributed by atoms with van der Waals surface area (Å²) < 4.78 is 25.8. The molecule has 3 heterocycles. The summed E-state index contributed by atoms with van der Waals surface area (Å²) in [7, 11) is -3.05. The molecule has 0 bridgehead atoms. The molecule has 2 aliphatic carbocycles. The molecular formula is C22H29N3O4S3. The Labute approximate surface area is 196 Å². The Hall–Kier alpha value is -1.39. The van der Waals surface area contributed by atoms with E-state index >= 15 is 0 Å². The first-order valence-corrected chi connectivity index (χ1v) is 15.0. The second kappa shape index (κ2) is 8.43. The average molecular weight is 496 g/mol. The lowest BCUT2D eigenvalue weighted by molar-refractivity contribution is -0.130. The highest BCUT2D eigenvalue weighted by Gasteiger charge is 2.42. The van der Waals surface area contributed by atoms with E-state index in [-0.39, 0.29) is 46.9 Å². The van der Waals surface area contributed by atoms with Crippen molar-refractivity contribution in [2.45, 2.75) is 82.1 Å². The molecule has 2 saturated carbocycles. The molecule has 0 N–H and O–H groups in total. The van der Waals surface area contributed by atoms with Crippen molar-refractivity contribution in [2.24, 2.45) is 0 Å². The van der Waals surface area contributed by atoms with Gasteiger partial charge in [-0.25, -0.2) is 13.4 Å². The fraction of sp³-hybridized carbons (Fsp3) is 0.682. The Bertz CT molecular complexity index is 1220. The molecule has 2 aromatic rings. The van der Waals surface area contributed by atoms with Crippen molar-refractivity contribution in [1.29, 1.82) is 0 Å². The lowest BCUT2D eigenvalue weighted by atomic mass is 10.2. The smallest absolute Gasteiger partial charge is 0.263 e. The second-order valence-corrected chi connectivity index (χ2v) is 13.7. The lowest BCUT2D eigenvalue weighted by Crippen LogP contribution is -2.43. The Morgan fingerprint density at radius 3 is 2.50 bits per heavy atom. The summed E-state index contributed by atoms with van der Waals surface area (Å²) in [5.74, 6) is 0.384. The van der Waals surface area contributed by atoms with Crippen molar-refractivity contribution in [3.63, 3.8) is 0 Å². The third-order valence-corrected chi connectivity index (χ3v) is 10.8. The molecule has 1 amide bonds. The fourth-order valence-corrected chi connectivity index (χ4v) is 8.85. The van der Waals surface area contributed by atoms with Gasteiger partial charge in [0.2, 0.25) is 5.91 Å². The monoisotopic (exact) mass is 495 g/mol. The fourth-order valence-electron chi connectivity index (χ4n) is 5.13. The summed E-state index contributed by atoms with van der Waals surface area (Å²) in [5, 5.41) is 1.34. The van der Waals surface area contributed by atoms with E-state index in [1.54, 1.807) is 0 Å². The number of sulfone groups is 1. The number of hydrogen-bond acceptors (Lipinski definition) is 7. The SMILES string of the molecule is Cc1sc2nc(SCC(=O)N(C3CC3)C3CCS(=O)(=O)C3)n(C3CCCC3)c(=O)c2c1C.